The summed E-state index contributed by atoms with van der Waals surface area (Å²) in [5.74, 6) is -0.354. The van der Waals surface area contributed by atoms with Gasteiger partial charge >= 0.3 is 0 Å². The Kier molecular flexibility index (Phi) is 6.25. The highest BCUT2D eigenvalue weighted by atomic mass is 35.5. The Morgan fingerprint density at radius 1 is 0.848 bits per heavy atom. The summed E-state index contributed by atoms with van der Waals surface area (Å²) in [6.45, 7) is 10.2. The Labute approximate surface area is 199 Å². The van der Waals surface area contributed by atoms with E-state index in [-0.39, 0.29) is 5.91 Å². The molecule has 33 heavy (non-hydrogen) atoms. The maximum absolute atomic E-state index is 12.8. The number of rotatable bonds is 5. The van der Waals surface area contributed by atoms with Crippen LogP contribution in [0.2, 0.25) is 5.02 Å². The number of aromatic nitrogens is 2. The Hall–Kier alpha value is -3.57. The zero-order chi connectivity index (χ0) is 23.7. The number of aryl methyl sites for hydroxylation is 4. The van der Waals surface area contributed by atoms with Crippen LogP contribution in [-0.2, 0) is 0 Å². The van der Waals surface area contributed by atoms with Crippen molar-refractivity contribution in [3.8, 4) is 11.4 Å². The number of halogens is 1. The Bertz CT molecular complexity index is 1360. The molecule has 0 unspecified atom stereocenters. The Morgan fingerprint density at radius 3 is 2.24 bits per heavy atom. The van der Waals surface area contributed by atoms with Crippen molar-refractivity contribution in [1.29, 1.82) is 0 Å². The largest absolute Gasteiger partial charge is 0.318 e. The molecule has 5 nitrogen and oxygen atoms in total. The van der Waals surface area contributed by atoms with Gasteiger partial charge in [0.1, 0.15) is 0 Å². The number of hydrazone groups is 1. The van der Waals surface area contributed by atoms with Gasteiger partial charge < -0.3 is 9.13 Å². The van der Waals surface area contributed by atoms with Gasteiger partial charge in [-0.3, -0.25) is 4.79 Å². The second-order valence-corrected chi connectivity index (χ2v) is 8.72. The lowest BCUT2D eigenvalue weighted by Crippen LogP contribution is -2.18. The number of amides is 1. The lowest BCUT2D eigenvalue weighted by atomic mass is 10.2. The minimum absolute atomic E-state index is 0.354. The molecule has 2 aromatic carbocycles. The molecule has 0 fully saturated rings. The normalized spacial score (nSPS) is 11.3. The molecule has 0 saturated carbocycles. The average Bonchev–Trinajstić information content (AvgIpc) is 3.25. The van der Waals surface area contributed by atoms with Crippen molar-refractivity contribution in [1.82, 2.24) is 14.6 Å². The third kappa shape index (κ3) is 4.50. The van der Waals surface area contributed by atoms with Crippen LogP contribution in [0.1, 0.15) is 44.3 Å². The first-order chi connectivity index (χ1) is 15.8. The first-order valence-corrected chi connectivity index (χ1v) is 11.2. The third-order valence-corrected chi connectivity index (χ3v) is 6.15. The van der Waals surface area contributed by atoms with Crippen LogP contribution in [-0.4, -0.2) is 21.3 Å². The molecule has 2 heterocycles. The van der Waals surface area contributed by atoms with Crippen LogP contribution in [0, 0.1) is 34.6 Å². The lowest BCUT2D eigenvalue weighted by Gasteiger charge is -2.12. The highest BCUT2D eigenvalue weighted by molar-refractivity contribution is 6.33. The van der Waals surface area contributed by atoms with Gasteiger partial charge in [-0.2, -0.15) is 5.10 Å². The van der Waals surface area contributed by atoms with Gasteiger partial charge in [0.05, 0.1) is 16.8 Å². The van der Waals surface area contributed by atoms with Crippen LogP contribution < -0.4 is 5.43 Å². The summed E-state index contributed by atoms with van der Waals surface area (Å²) < 4.78 is 4.26. The SMILES string of the molecule is Cc1cccc(-n2c(C)cc(C=NNC(=O)c3cc(-n4c(C)ccc4C)ccc3Cl)c2C)c1. The number of nitrogens with zero attached hydrogens (tertiary/aromatic N) is 3. The fourth-order valence-electron chi connectivity index (χ4n) is 4.21. The third-order valence-electron chi connectivity index (χ3n) is 5.82. The van der Waals surface area contributed by atoms with Crippen LogP contribution in [0.4, 0.5) is 0 Å². The van der Waals surface area contributed by atoms with Crippen LogP contribution in [0.15, 0.2) is 65.8 Å². The zero-order valence-electron chi connectivity index (χ0n) is 19.5. The number of hydrogen-bond donors (Lipinski definition) is 1. The molecule has 2 aromatic heterocycles. The minimum Gasteiger partial charge on any atom is -0.318 e. The van der Waals surface area contributed by atoms with Gasteiger partial charge in [0.15, 0.2) is 0 Å². The first-order valence-electron chi connectivity index (χ1n) is 10.8. The van der Waals surface area contributed by atoms with E-state index >= 15 is 0 Å². The van der Waals surface area contributed by atoms with Crippen molar-refractivity contribution >= 4 is 23.7 Å². The van der Waals surface area contributed by atoms with E-state index in [1.807, 2.05) is 45.0 Å². The number of benzene rings is 2. The van der Waals surface area contributed by atoms with Crippen molar-refractivity contribution in [3.63, 3.8) is 0 Å². The molecule has 1 N–H and O–H groups in total. The van der Waals surface area contributed by atoms with Gasteiger partial charge in [0.2, 0.25) is 0 Å². The van der Waals surface area contributed by atoms with Crippen molar-refractivity contribution < 1.29 is 4.79 Å². The lowest BCUT2D eigenvalue weighted by molar-refractivity contribution is 0.0955. The standard InChI is InChI=1S/C27H27ClN4O/c1-17-7-6-8-23(13-17)32-20(4)14-22(21(32)5)16-29-30-27(33)25-15-24(11-12-26(25)28)31-18(2)9-10-19(31)3/h6-16H,1-5H3,(H,30,33). The minimum atomic E-state index is -0.354. The van der Waals surface area contributed by atoms with E-state index in [2.05, 4.69) is 57.8 Å². The van der Waals surface area contributed by atoms with Gasteiger partial charge in [-0.1, -0.05) is 23.7 Å². The van der Waals surface area contributed by atoms with Crippen molar-refractivity contribution in [2.45, 2.75) is 34.6 Å². The van der Waals surface area contributed by atoms with Gasteiger partial charge in [0.25, 0.3) is 5.91 Å². The number of nitrogens with one attached hydrogen (secondary N) is 1. The smallest absolute Gasteiger partial charge is 0.272 e. The monoisotopic (exact) mass is 458 g/mol. The molecule has 0 saturated heterocycles. The molecule has 1 amide bonds. The maximum atomic E-state index is 12.8. The zero-order valence-corrected chi connectivity index (χ0v) is 20.2. The molecule has 0 atom stereocenters. The van der Waals surface area contributed by atoms with E-state index < -0.39 is 0 Å². The molecule has 0 aliphatic rings. The average molecular weight is 459 g/mol. The second kappa shape index (κ2) is 9.12. The summed E-state index contributed by atoms with van der Waals surface area (Å²) in [7, 11) is 0. The molecule has 0 radical (unpaired) electrons. The van der Waals surface area contributed by atoms with E-state index in [0.717, 1.165) is 39.7 Å². The highest BCUT2D eigenvalue weighted by Gasteiger charge is 2.14. The number of carbonyl (C=O) groups excluding carboxylic acids is 1. The summed E-state index contributed by atoms with van der Waals surface area (Å²) in [5, 5.41) is 4.59. The summed E-state index contributed by atoms with van der Waals surface area (Å²) >= 11 is 6.33. The van der Waals surface area contributed by atoms with Crippen molar-refractivity contribution in [2.75, 3.05) is 0 Å². The first kappa shape index (κ1) is 22.6. The summed E-state index contributed by atoms with van der Waals surface area (Å²) in [5.41, 5.74) is 11.4. The predicted octanol–water partition coefficient (Wildman–Crippen LogP) is 6.23. The van der Waals surface area contributed by atoms with Crippen molar-refractivity contribution in [2.24, 2.45) is 5.10 Å². The van der Waals surface area contributed by atoms with E-state index in [4.69, 9.17) is 11.6 Å². The summed E-state index contributed by atoms with van der Waals surface area (Å²) in [6.07, 6.45) is 1.67. The topological polar surface area (TPSA) is 51.3 Å². The quantitative estimate of drug-likeness (QED) is 0.280. The molecule has 4 aromatic rings. The van der Waals surface area contributed by atoms with Crippen molar-refractivity contribution in [3.05, 3.63) is 105 Å². The van der Waals surface area contributed by atoms with Gasteiger partial charge in [0, 0.05) is 39.7 Å². The summed E-state index contributed by atoms with van der Waals surface area (Å²) in [6, 6.07) is 19.9. The fraction of sp³-hybridized carbons (Fsp3) is 0.185. The summed E-state index contributed by atoms with van der Waals surface area (Å²) in [4.78, 5) is 12.8. The number of carbonyl (C=O) groups is 1. The molecular weight excluding hydrogens is 432 g/mol. The van der Waals surface area contributed by atoms with Gasteiger partial charge in [-0.15, -0.1) is 0 Å². The fourth-order valence-corrected chi connectivity index (χ4v) is 4.41. The Balaban J connectivity index is 1.56. The molecule has 0 bridgehead atoms. The van der Waals surface area contributed by atoms with E-state index in [0.29, 0.717) is 10.6 Å². The van der Waals surface area contributed by atoms with Gasteiger partial charge in [-0.05, 0) is 88.7 Å². The molecular formula is C27H27ClN4O. The second-order valence-electron chi connectivity index (χ2n) is 8.32. The van der Waals surface area contributed by atoms with E-state index in [1.165, 1.54) is 5.56 Å². The molecule has 0 spiro atoms. The molecule has 0 aliphatic heterocycles. The molecule has 6 heteroatoms. The Morgan fingerprint density at radius 2 is 1.55 bits per heavy atom. The van der Waals surface area contributed by atoms with Crippen LogP contribution in [0.3, 0.4) is 0 Å². The predicted molar refractivity (Wildman–Crippen MR) is 135 cm³/mol. The van der Waals surface area contributed by atoms with E-state index in [9.17, 15) is 4.79 Å². The van der Waals surface area contributed by atoms with Crippen LogP contribution in [0.5, 0.6) is 0 Å². The van der Waals surface area contributed by atoms with Gasteiger partial charge in [-0.25, -0.2) is 5.43 Å². The molecule has 4 rings (SSSR count). The molecule has 0 aliphatic carbocycles. The number of hydrogen-bond acceptors (Lipinski definition) is 2. The highest BCUT2D eigenvalue weighted by Crippen LogP contribution is 2.23. The molecule has 168 valence electrons. The van der Waals surface area contributed by atoms with Crippen LogP contribution >= 0.6 is 11.6 Å². The van der Waals surface area contributed by atoms with E-state index in [1.54, 1.807) is 18.3 Å². The maximum Gasteiger partial charge on any atom is 0.272 e. The van der Waals surface area contributed by atoms with Crippen LogP contribution in [0.25, 0.3) is 11.4 Å².